The minimum absolute atomic E-state index is 0.0537. The van der Waals surface area contributed by atoms with Gasteiger partial charge in [0, 0.05) is 11.8 Å². The molecule has 1 aromatic carbocycles. The third kappa shape index (κ3) is 2.37. The Balaban J connectivity index is 1.94. The van der Waals surface area contributed by atoms with Crippen molar-refractivity contribution in [3.8, 4) is 11.1 Å². The first-order valence-corrected chi connectivity index (χ1v) is 8.10. The van der Waals surface area contributed by atoms with Crippen LogP contribution in [0.1, 0.15) is 31.7 Å². The largest absolute Gasteiger partial charge is 0.391 e. The third-order valence-corrected chi connectivity index (χ3v) is 4.77. The summed E-state index contributed by atoms with van der Waals surface area (Å²) in [6, 6.07) is 10.2. The van der Waals surface area contributed by atoms with Crippen LogP contribution in [-0.4, -0.2) is 25.7 Å². The van der Waals surface area contributed by atoms with Gasteiger partial charge in [0.25, 0.3) is 0 Å². The van der Waals surface area contributed by atoms with E-state index in [2.05, 4.69) is 32.9 Å². The van der Waals surface area contributed by atoms with Crippen molar-refractivity contribution in [1.29, 1.82) is 0 Å². The van der Waals surface area contributed by atoms with Gasteiger partial charge in [0.15, 0.2) is 0 Å². The van der Waals surface area contributed by atoms with Gasteiger partial charge in [0.2, 0.25) is 0 Å². The number of aliphatic hydroxyl groups is 1. The molecule has 5 nitrogen and oxygen atoms in total. The molecule has 1 fully saturated rings. The molecule has 0 bridgehead atoms. The van der Waals surface area contributed by atoms with Crippen LogP contribution in [0.2, 0.25) is 0 Å². The Morgan fingerprint density at radius 2 is 1.87 bits per heavy atom. The summed E-state index contributed by atoms with van der Waals surface area (Å²) < 4.78 is 2.10. The van der Waals surface area contributed by atoms with Gasteiger partial charge >= 0.3 is 0 Å². The van der Waals surface area contributed by atoms with Gasteiger partial charge in [0.1, 0.15) is 17.8 Å². The summed E-state index contributed by atoms with van der Waals surface area (Å²) in [6.07, 6.45) is 7.25. The molecule has 1 aliphatic carbocycles. The number of hydrogen-bond acceptors (Lipinski definition) is 4. The van der Waals surface area contributed by atoms with Gasteiger partial charge in [-0.15, -0.1) is 0 Å². The van der Waals surface area contributed by atoms with Crippen LogP contribution in [0.3, 0.4) is 0 Å². The van der Waals surface area contributed by atoms with Gasteiger partial charge in [-0.2, -0.15) is 0 Å². The van der Waals surface area contributed by atoms with Crippen molar-refractivity contribution in [2.24, 2.45) is 0 Å². The highest BCUT2D eigenvalue weighted by molar-refractivity contribution is 6.00. The number of fused-ring (bicyclic) bond motifs is 1. The van der Waals surface area contributed by atoms with Crippen molar-refractivity contribution in [3.63, 3.8) is 0 Å². The van der Waals surface area contributed by atoms with Crippen LogP contribution in [-0.2, 0) is 0 Å². The Hall–Kier alpha value is -2.40. The molecule has 0 radical (unpaired) electrons. The molecule has 0 spiro atoms. The van der Waals surface area contributed by atoms with Crippen molar-refractivity contribution >= 4 is 16.9 Å². The van der Waals surface area contributed by atoms with E-state index in [4.69, 9.17) is 5.73 Å². The van der Waals surface area contributed by atoms with Gasteiger partial charge in [-0.05, 0) is 18.4 Å². The lowest BCUT2D eigenvalue weighted by atomic mass is 9.92. The summed E-state index contributed by atoms with van der Waals surface area (Å²) in [5.41, 5.74) is 9.06. The monoisotopic (exact) mass is 308 g/mol. The molecule has 5 heteroatoms. The fraction of sp³-hybridized carbons (Fsp3) is 0.333. The van der Waals surface area contributed by atoms with Gasteiger partial charge in [-0.25, -0.2) is 9.97 Å². The van der Waals surface area contributed by atoms with Crippen LogP contribution >= 0.6 is 0 Å². The molecule has 1 aliphatic rings. The molecular weight excluding hydrogens is 288 g/mol. The lowest BCUT2D eigenvalue weighted by Crippen LogP contribution is -2.27. The number of aromatic nitrogens is 3. The van der Waals surface area contributed by atoms with E-state index in [0.717, 1.165) is 47.8 Å². The van der Waals surface area contributed by atoms with Crippen LogP contribution in [0, 0.1) is 0 Å². The highest BCUT2D eigenvalue weighted by Gasteiger charge is 2.27. The second-order valence-corrected chi connectivity index (χ2v) is 6.19. The third-order valence-electron chi connectivity index (χ3n) is 4.77. The number of hydrogen-bond donors (Lipinski definition) is 2. The lowest BCUT2D eigenvalue weighted by Gasteiger charge is -2.29. The lowest BCUT2D eigenvalue weighted by molar-refractivity contribution is 0.0773. The van der Waals surface area contributed by atoms with Crippen LogP contribution in [0.25, 0.3) is 22.2 Å². The molecule has 0 aliphatic heterocycles. The molecule has 4 rings (SSSR count). The number of aliphatic hydroxyl groups excluding tert-OH is 1. The normalized spacial score (nSPS) is 21.6. The average Bonchev–Trinajstić information content (AvgIpc) is 2.97. The molecule has 118 valence electrons. The Kier molecular flexibility index (Phi) is 3.50. The van der Waals surface area contributed by atoms with Crippen molar-refractivity contribution in [2.75, 3.05) is 5.73 Å². The van der Waals surface area contributed by atoms with E-state index in [0.29, 0.717) is 5.82 Å². The van der Waals surface area contributed by atoms with E-state index in [-0.39, 0.29) is 12.1 Å². The van der Waals surface area contributed by atoms with Crippen LogP contribution in [0.4, 0.5) is 5.82 Å². The van der Waals surface area contributed by atoms with E-state index in [9.17, 15) is 5.11 Å². The number of nitrogens with zero attached hydrogens (tertiary/aromatic N) is 3. The van der Waals surface area contributed by atoms with Crippen molar-refractivity contribution < 1.29 is 5.11 Å². The number of nitrogen functional groups attached to an aromatic ring is 1. The van der Waals surface area contributed by atoms with E-state index in [1.165, 1.54) is 6.33 Å². The smallest absolute Gasteiger partial charge is 0.146 e. The maximum atomic E-state index is 10.4. The standard InChI is InChI=1S/C18H20N4O/c19-17-16-13(12-6-2-1-3-7-12)10-22(18(16)21-11-20-17)14-8-4-5-9-15(14)23/h1-3,6-7,10-11,14-15,23H,4-5,8-9H2,(H2,19,20,21). The minimum atomic E-state index is -0.334. The summed E-state index contributed by atoms with van der Waals surface area (Å²) in [4.78, 5) is 8.62. The fourth-order valence-corrected chi connectivity index (χ4v) is 3.61. The second-order valence-electron chi connectivity index (χ2n) is 6.19. The van der Waals surface area contributed by atoms with Crippen LogP contribution in [0.15, 0.2) is 42.9 Å². The molecule has 2 aromatic heterocycles. The first-order chi connectivity index (χ1) is 11.3. The summed E-state index contributed by atoms with van der Waals surface area (Å²) >= 11 is 0. The van der Waals surface area contributed by atoms with E-state index >= 15 is 0 Å². The SMILES string of the molecule is Nc1ncnc2c1c(-c1ccccc1)cn2C1CCCCC1O. The molecule has 3 aromatic rings. The molecule has 0 amide bonds. The molecule has 23 heavy (non-hydrogen) atoms. The molecular formula is C18H20N4O. The Bertz CT molecular complexity index is 828. The van der Waals surface area contributed by atoms with Gasteiger partial charge in [-0.3, -0.25) is 0 Å². The van der Waals surface area contributed by atoms with Gasteiger partial charge < -0.3 is 15.4 Å². The van der Waals surface area contributed by atoms with E-state index in [1.807, 2.05) is 18.2 Å². The Morgan fingerprint density at radius 1 is 1.09 bits per heavy atom. The zero-order valence-corrected chi connectivity index (χ0v) is 12.9. The maximum Gasteiger partial charge on any atom is 0.146 e. The summed E-state index contributed by atoms with van der Waals surface area (Å²) in [5, 5.41) is 11.3. The summed E-state index contributed by atoms with van der Waals surface area (Å²) in [6.45, 7) is 0. The Morgan fingerprint density at radius 3 is 2.65 bits per heavy atom. The second kappa shape index (κ2) is 5.66. The predicted octanol–water partition coefficient (Wildman–Crippen LogP) is 3.16. The minimum Gasteiger partial charge on any atom is -0.391 e. The first kappa shape index (κ1) is 14.2. The van der Waals surface area contributed by atoms with Gasteiger partial charge in [-0.1, -0.05) is 43.2 Å². The van der Waals surface area contributed by atoms with Crippen LogP contribution in [0.5, 0.6) is 0 Å². The molecule has 2 unspecified atom stereocenters. The molecule has 1 saturated carbocycles. The first-order valence-electron chi connectivity index (χ1n) is 8.10. The molecule has 0 saturated heterocycles. The van der Waals surface area contributed by atoms with E-state index < -0.39 is 0 Å². The highest BCUT2D eigenvalue weighted by Crippen LogP contribution is 2.37. The maximum absolute atomic E-state index is 10.4. The average molecular weight is 308 g/mol. The topological polar surface area (TPSA) is 77.0 Å². The zero-order chi connectivity index (χ0) is 15.8. The van der Waals surface area contributed by atoms with Crippen molar-refractivity contribution in [3.05, 3.63) is 42.9 Å². The number of anilines is 1. The van der Waals surface area contributed by atoms with Crippen molar-refractivity contribution in [1.82, 2.24) is 14.5 Å². The van der Waals surface area contributed by atoms with Crippen LogP contribution < -0.4 is 5.73 Å². The summed E-state index contributed by atoms with van der Waals surface area (Å²) in [7, 11) is 0. The quantitative estimate of drug-likeness (QED) is 0.762. The predicted molar refractivity (Wildman–Crippen MR) is 90.9 cm³/mol. The zero-order valence-electron chi connectivity index (χ0n) is 12.9. The molecule has 2 atom stereocenters. The molecule has 2 heterocycles. The van der Waals surface area contributed by atoms with Crippen molar-refractivity contribution in [2.45, 2.75) is 37.8 Å². The fourth-order valence-electron chi connectivity index (χ4n) is 3.61. The number of benzene rings is 1. The van der Waals surface area contributed by atoms with Gasteiger partial charge in [0.05, 0.1) is 17.5 Å². The number of nitrogens with two attached hydrogens (primary N) is 1. The number of rotatable bonds is 2. The highest BCUT2D eigenvalue weighted by atomic mass is 16.3. The Labute approximate surface area is 134 Å². The summed E-state index contributed by atoms with van der Waals surface area (Å²) in [5.74, 6) is 0.484. The van der Waals surface area contributed by atoms with E-state index in [1.54, 1.807) is 0 Å². The molecule has 3 N–H and O–H groups in total.